The van der Waals surface area contributed by atoms with Crippen LogP contribution in [0.25, 0.3) is 0 Å². The quantitative estimate of drug-likeness (QED) is 0.843. The molecule has 0 amide bonds. The SMILES string of the molecule is CSCCNc1cc(C)c(Br)cn1. The molecule has 0 aromatic carbocycles. The van der Waals surface area contributed by atoms with Gasteiger partial charge in [-0.05, 0) is 40.7 Å². The van der Waals surface area contributed by atoms with Crippen LogP contribution >= 0.6 is 27.7 Å². The van der Waals surface area contributed by atoms with Crippen LogP contribution < -0.4 is 5.32 Å². The van der Waals surface area contributed by atoms with Crippen molar-refractivity contribution >= 4 is 33.5 Å². The van der Waals surface area contributed by atoms with Crippen LogP contribution in [0.5, 0.6) is 0 Å². The van der Waals surface area contributed by atoms with E-state index in [4.69, 9.17) is 0 Å². The Balaban J connectivity index is 2.53. The number of rotatable bonds is 4. The zero-order valence-corrected chi connectivity index (χ0v) is 10.2. The Morgan fingerprint density at radius 3 is 3.00 bits per heavy atom. The minimum atomic E-state index is 0.953. The van der Waals surface area contributed by atoms with E-state index in [1.807, 2.05) is 24.0 Å². The van der Waals surface area contributed by atoms with Crippen LogP contribution in [0.4, 0.5) is 5.82 Å². The summed E-state index contributed by atoms with van der Waals surface area (Å²) in [6.45, 7) is 3.03. The summed E-state index contributed by atoms with van der Waals surface area (Å²) in [5.41, 5.74) is 1.21. The maximum Gasteiger partial charge on any atom is 0.126 e. The van der Waals surface area contributed by atoms with Gasteiger partial charge in [0.1, 0.15) is 5.82 Å². The molecule has 13 heavy (non-hydrogen) atoms. The first-order chi connectivity index (χ1) is 6.24. The van der Waals surface area contributed by atoms with Crippen molar-refractivity contribution in [2.45, 2.75) is 6.92 Å². The van der Waals surface area contributed by atoms with E-state index < -0.39 is 0 Å². The molecule has 1 heterocycles. The van der Waals surface area contributed by atoms with Crippen LogP contribution in [-0.2, 0) is 0 Å². The van der Waals surface area contributed by atoms with E-state index in [0.717, 1.165) is 22.6 Å². The molecule has 0 spiro atoms. The molecule has 4 heteroatoms. The van der Waals surface area contributed by atoms with E-state index in [9.17, 15) is 0 Å². The predicted molar refractivity (Wildman–Crippen MR) is 63.5 cm³/mol. The maximum absolute atomic E-state index is 4.24. The molecule has 72 valence electrons. The summed E-state index contributed by atoms with van der Waals surface area (Å²) in [6, 6.07) is 2.05. The van der Waals surface area contributed by atoms with E-state index in [1.165, 1.54) is 5.56 Å². The number of aryl methyl sites for hydroxylation is 1. The molecular weight excluding hydrogens is 248 g/mol. The topological polar surface area (TPSA) is 24.9 Å². The van der Waals surface area contributed by atoms with Crippen LogP contribution in [0, 0.1) is 6.92 Å². The minimum Gasteiger partial charge on any atom is -0.369 e. The molecule has 0 saturated heterocycles. The average Bonchev–Trinajstić information content (AvgIpc) is 2.12. The van der Waals surface area contributed by atoms with Crippen molar-refractivity contribution in [2.24, 2.45) is 0 Å². The van der Waals surface area contributed by atoms with Gasteiger partial charge in [0, 0.05) is 23.0 Å². The molecule has 0 fully saturated rings. The molecule has 0 bridgehead atoms. The van der Waals surface area contributed by atoms with E-state index in [0.29, 0.717) is 0 Å². The first-order valence-corrected chi connectivity index (χ1v) is 6.27. The minimum absolute atomic E-state index is 0.953. The Kier molecular flexibility index (Phi) is 4.59. The summed E-state index contributed by atoms with van der Waals surface area (Å²) in [5.74, 6) is 2.06. The summed E-state index contributed by atoms with van der Waals surface area (Å²) in [5, 5.41) is 3.26. The normalized spacial score (nSPS) is 10.1. The summed E-state index contributed by atoms with van der Waals surface area (Å²) in [7, 11) is 0. The first kappa shape index (κ1) is 10.9. The average molecular weight is 261 g/mol. The summed E-state index contributed by atoms with van der Waals surface area (Å²) in [6.07, 6.45) is 3.93. The van der Waals surface area contributed by atoms with E-state index in [2.05, 4.69) is 39.4 Å². The summed E-state index contributed by atoms with van der Waals surface area (Å²) in [4.78, 5) is 4.24. The number of pyridine rings is 1. The molecule has 0 atom stereocenters. The number of halogens is 1. The zero-order chi connectivity index (χ0) is 9.68. The second-order valence-corrected chi connectivity index (χ2v) is 4.58. The van der Waals surface area contributed by atoms with Gasteiger partial charge in [0.15, 0.2) is 0 Å². The van der Waals surface area contributed by atoms with Crippen molar-refractivity contribution in [3.05, 3.63) is 22.3 Å². The number of nitrogens with zero attached hydrogens (tertiary/aromatic N) is 1. The second kappa shape index (κ2) is 5.50. The van der Waals surface area contributed by atoms with Gasteiger partial charge in [-0.15, -0.1) is 0 Å². The lowest BCUT2D eigenvalue weighted by Gasteiger charge is -2.05. The molecule has 0 aliphatic heterocycles. The Bertz CT molecular complexity index is 278. The number of aromatic nitrogens is 1. The van der Waals surface area contributed by atoms with Crippen LogP contribution in [0.15, 0.2) is 16.7 Å². The molecule has 0 saturated carbocycles. The van der Waals surface area contributed by atoms with Crippen LogP contribution in [0.2, 0.25) is 0 Å². The van der Waals surface area contributed by atoms with Gasteiger partial charge < -0.3 is 5.32 Å². The number of thioether (sulfide) groups is 1. The van der Waals surface area contributed by atoms with Crippen LogP contribution in [0.1, 0.15) is 5.56 Å². The molecule has 1 aromatic heterocycles. The molecule has 0 unspecified atom stereocenters. The highest BCUT2D eigenvalue weighted by Crippen LogP contribution is 2.16. The Labute approximate surface area is 91.7 Å². The van der Waals surface area contributed by atoms with E-state index in [1.54, 1.807) is 0 Å². The van der Waals surface area contributed by atoms with Gasteiger partial charge in [0.05, 0.1) is 0 Å². The van der Waals surface area contributed by atoms with Gasteiger partial charge in [-0.25, -0.2) is 4.98 Å². The second-order valence-electron chi connectivity index (χ2n) is 2.74. The van der Waals surface area contributed by atoms with Gasteiger partial charge in [-0.3, -0.25) is 0 Å². The van der Waals surface area contributed by atoms with Gasteiger partial charge in [-0.2, -0.15) is 11.8 Å². The molecule has 0 aliphatic rings. The van der Waals surface area contributed by atoms with E-state index >= 15 is 0 Å². The third kappa shape index (κ3) is 3.56. The smallest absolute Gasteiger partial charge is 0.126 e. The summed E-state index contributed by atoms with van der Waals surface area (Å²) >= 11 is 5.25. The van der Waals surface area contributed by atoms with Crippen molar-refractivity contribution in [3.8, 4) is 0 Å². The molecule has 2 nitrogen and oxygen atoms in total. The lowest BCUT2D eigenvalue weighted by atomic mass is 10.3. The lowest BCUT2D eigenvalue weighted by Crippen LogP contribution is -2.05. The third-order valence-corrected chi connectivity index (χ3v) is 3.10. The summed E-state index contributed by atoms with van der Waals surface area (Å²) < 4.78 is 1.06. The first-order valence-electron chi connectivity index (χ1n) is 4.09. The Hall–Kier alpha value is -0.220. The highest BCUT2D eigenvalue weighted by molar-refractivity contribution is 9.10. The number of hydrogen-bond acceptors (Lipinski definition) is 3. The fraction of sp³-hybridized carbons (Fsp3) is 0.444. The monoisotopic (exact) mass is 260 g/mol. The maximum atomic E-state index is 4.24. The predicted octanol–water partition coefficient (Wildman–Crippen LogP) is 2.93. The van der Waals surface area contributed by atoms with E-state index in [-0.39, 0.29) is 0 Å². The Morgan fingerprint density at radius 1 is 1.62 bits per heavy atom. The fourth-order valence-electron chi connectivity index (χ4n) is 0.917. The molecule has 1 rings (SSSR count). The third-order valence-electron chi connectivity index (χ3n) is 1.66. The highest BCUT2D eigenvalue weighted by Gasteiger charge is 1.97. The molecular formula is C9H13BrN2S. The van der Waals surface area contributed by atoms with Crippen molar-refractivity contribution in [1.29, 1.82) is 0 Å². The van der Waals surface area contributed by atoms with Gasteiger partial charge in [0.25, 0.3) is 0 Å². The van der Waals surface area contributed by atoms with Crippen LogP contribution in [0.3, 0.4) is 0 Å². The standard InChI is InChI=1S/C9H13BrN2S/c1-7-5-9(11-3-4-13-2)12-6-8(7)10/h5-6H,3-4H2,1-2H3,(H,11,12). The fourth-order valence-corrected chi connectivity index (χ4v) is 1.44. The molecule has 0 aliphatic carbocycles. The van der Waals surface area contributed by atoms with Crippen molar-refractivity contribution < 1.29 is 0 Å². The lowest BCUT2D eigenvalue weighted by molar-refractivity contribution is 1.15. The van der Waals surface area contributed by atoms with Crippen LogP contribution in [-0.4, -0.2) is 23.5 Å². The van der Waals surface area contributed by atoms with Gasteiger partial charge >= 0.3 is 0 Å². The molecule has 1 N–H and O–H groups in total. The van der Waals surface area contributed by atoms with Gasteiger partial charge in [0.2, 0.25) is 0 Å². The van der Waals surface area contributed by atoms with Crippen molar-refractivity contribution in [2.75, 3.05) is 23.9 Å². The molecule has 1 aromatic rings. The molecule has 0 radical (unpaired) electrons. The Morgan fingerprint density at radius 2 is 2.38 bits per heavy atom. The van der Waals surface area contributed by atoms with Crippen molar-refractivity contribution in [3.63, 3.8) is 0 Å². The number of nitrogens with one attached hydrogen (secondary N) is 1. The largest absolute Gasteiger partial charge is 0.369 e. The number of hydrogen-bond donors (Lipinski definition) is 1. The zero-order valence-electron chi connectivity index (χ0n) is 7.80. The highest BCUT2D eigenvalue weighted by atomic mass is 79.9. The van der Waals surface area contributed by atoms with Gasteiger partial charge in [-0.1, -0.05) is 0 Å². The van der Waals surface area contributed by atoms with Crippen molar-refractivity contribution in [1.82, 2.24) is 4.98 Å². The number of anilines is 1.